The van der Waals surface area contributed by atoms with Crippen LogP contribution in [-0.4, -0.2) is 12.4 Å². The highest BCUT2D eigenvalue weighted by Gasteiger charge is 2.24. The summed E-state index contributed by atoms with van der Waals surface area (Å²) >= 11 is 3.66. The Balaban J connectivity index is 1.60. The van der Waals surface area contributed by atoms with Gasteiger partial charge in [-0.3, -0.25) is 4.99 Å². The first kappa shape index (κ1) is 18.1. The maximum atomic E-state index is 4.94. The van der Waals surface area contributed by atoms with Gasteiger partial charge in [0, 0.05) is 20.3 Å². The number of aliphatic imine (C=N–C) groups is 1. The van der Waals surface area contributed by atoms with E-state index in [-0.39, 0.29) is 5.41 Å². The Morgan fingerprint density at radius 3 is 2.63 bits per heavy atom. The van der Waals surface area contributed by atoms with Gasteiger partial charge in [0.1, 0.15) is 6.67 Å². The summed E-state index contributed by atoms with van der Waals surface area (Å²) in [4.78, 5) is 6.20. The van der Waals surface area contributed by atoms with E-state index in [4.69, 9.17) is 4.99 Å². The molecule has 0 amide bonds. The second kappa shape index (κ2) is 6.40. The summed E-state index contributed by atoms with van der Waals surface area (Å²) in [6.07, 6.45) is 0. The van der Waals surface area contributed by atoms with Crippen molar-refractivity contribution in [2.24, 2.45) is 4.99 Å². The first-order valence-electron chi connectivity index (χ1n) is 10.3. The van der Waals surface area contributed by atoms with Crippen LogP contribution in [0.5, 0.6) is 0 Å². The van der Waals surface area contributed by atoms with Gasteiger partial charge in [-0.05, 0) is 62.8 Å². The van der Waals surface area contributed by atoms with Crippen LogP contribution in [-0.2, 0) is 5.41 Å². The molecular weight excluding hydrogens is 404 g/mol. The molecule has 30 heavy (non-hydrogen) atoms. The fourth-order valence-electron chi connectivity index (χ4n) is 4.45. The van der Waals surface area contributed by atoms with Crippen molar-refractivity contribution in [2.45, 2.75) is 26.2 Å². The van der Waals surface area contributed by atoms with E-state index in [0.717, 1.165) is 5.71 Å². The largest absolute Gasteiger partial charge is 0.365 e. The van der Waals surface area contributed by atoms with Gasteiger partial charge in [-0.25, -0.2) is 0 Å². The second-order valence-corrected chi connectivity index (χ2v) is 10.9. The normalized spacial score (nSPS) is 14.2. The average molecular weight is 427 g/mol. The molecule has 2 aromatic heterocycles. The topological polar surface area (TPSA) is 24.4 Å². The van der Waals surface area contributed by atoms with Crippen molar-refractivity contribution >= 4 is 65.0 Å². The predicted octanol–water partition coefficient (Wildman–Crippen LogP) is 7.79. The molecule has 3 aromatic carbocycles. The molecule has 0 bridgehead atoms. The molecule has 1 aliphatic heterocycles. The first-order chi connectivity index (χ1) is 14.5. The quantitative estimate of drug-likeness (QED) is 0.291. The molecule has 0 saturated heterocycles. The van der Waals surface area contributed by atoms with E-state index in [9.17, 15) is 0 Å². The Bertz CT molecular complexity index is 1480. The smallest absolute Gasteiger partial charge is 0.108 e. The number of nitrogens with zero attached hydrogens (tertiary/aromatic N) is 1. The van der Waals surface area contributed by atoms with Crippen molar-refractivity contribution in [1.82, 2.24) is 0 Å². The zero-order valence-corrected chi connectivity index (χ0v) is 18.9. The van der Waals surface area contributed by atoms with Crippen LogP contribution in [0, 0.1) is 0 Å². The number of hydrogen-bond donors (Lipinski definition) is 1. The van der Waals surface area contributed by atoms with Crippen LogP contribution in [0.15, 0.2) is 65.0 Å². The van der Waals surface area contributed by atoms with Crippen LogP contribution in [0.25, 0.3) is 30.9 Å². The van der Waals surface area contributed by atoms with Gasteiger partial charge < -0.3 is 5.32 Å². The number of fused-ring (bicyclic) bond motifs is 5. The predicted molar refractivity (Wildman–Crippen MR) is 134 cm³/mol. The van der Waals surface area contributed by atoms with E-state index in [1.165, 1.54) is 52.6 Å². The molecule has 4 heteroatoms. The molecule has 0 spiro atoms. The van der Waals surface area contributed by atoms with Gasteiger partial charge in [-0.15, -0.1) is 22.7 Å². The summed E-state index contributed by atoms with van der Waals surface area (Å²) < 4.78 is 2.67. The first-order valence-corrected chi connectivity index (χ1v) is 11.9. The van der Waals surface area contributed by atoms with Gasteiger partial charge in [0.25, 0.3) is 0 Å². The summed E-state index contributed by atoms with van der Waals surface area (Å²) in [5.41, 5.74) is 5.01. The monoisotopic (exact) mass is 426 g/mol. The lowest BCUT2D eigenvalue weighted by Gasteiger charge is -2.24. The summed E-state index contributed by atoms with van der Waals surface area (Å²) in [6.45, 7) is 7.50. The minimum atomic E-state index is 0.0659. The van der Waals surface area contributed by atoms with Crippen LogP contribution in [0.4, 0.5) is 5.69 Å². The van der Waals surface area contributed by atoms with Gasteiger partial charge in [0.05, 0.1) is 16.3 Å². The van der Waals surface area contributed by atoms with Crippen molar-refractivity contribution in [3.63, 3.8) is 0 Å². The van der Waals surface area contributed by atoms with Gasteiger partial charge >= 0.3 is 0 Å². The van der Waals surface area contributed by atoms with Gasteiger partial charge in [-0.2, -0.15) is 0 Å². The third kappa shape index (κ3) is 2.71. The lowest BCUT2D eigenvalue weighted by molar-refractivity contribution is 0.596. The SMILES string of the molecule is CC(C)(C)c1cc(C2=NCNc3c2sc2cc4ccsc4cc32)cc2ccccc12. The third-order valence-electron chi connectivity index (χ3n) is 5.91. The Morgan fingerprint density at radius 2 is 1.77 bits per heavy atom. The molecule has 1 N–H and O–H groups in total. The summed E-state index contributed by atoms with van der Waals surface area (Å²) in [5, 5.41) is 11.0. The highest BCUT2D eigenvalue weighted by molar-refractivity contribution is 7.22. The molecule has 0 atom stereocenters. The van der Waals surface area contributed by atoms with Crippen LogP contribution >= 0.6 is 22.7 Å². The number of hydrogen-bond acceptors (Lipinski definition) is 4. The molecule has 2 nitrogen and oxygen atoms in total. The molecule has 148 valence electrons. The van der Waals surface area contributed by atoms with E-state index in [1.54, 1.807) is 11.3 Å². The van der Waals surface area contributed by atoms with Crippen molar-refractivity contribution in [1.29, 1.82) is 0 Å². The molecule has 3 heterocycles. The molecule has 6 rings (SSSR count). The zero-order chi connectivity index (χ0) is 20.5. The highest BCUT2D eigenvalue weighted by atomic mass is 32.1. The molecule has 0 radical (unpaired) electrons. The summed E-state index contributed by atoms with van der Waals surface area (Å²) in [5.74, 6) is 0. The maximum Gasteiger partial charge on any atom is 0.108 e. The van der Waals surface area contributed by atoms with Crippen molar-refractivity contribution in [3.05, 3.63) is 76.0 Å². The molecule has 0 aliphatic carbocycles. The molecule has 0 unspecified atom stereocenters. The second-order valence-electron chi connectivity index (χ2n) is 8.95. The molecule has 5 aromatic rings. The lowest BCUT2D eigenvalue weighted by atomic mass is 9.82. The molecule has 0 fully saturated rings. The summed E-state index contributed by atoms with van der Waals surface area (Å²) in [7, 11) is 0. The van der Waals surface area contributed by atoms with Crippen molar-refractivity contribution in [2.75, 3.05) is 12.0 Å². The highest BCUT2D eigenvalue weighted by Crippen LogP contribution is 2.42. The van der Waals surface area contributed by atoms with Crippen LogP contribution in [0.2, 0.25) is 0 Å². The fraction of sp³-hybridized carbons (Fsp3) is 0.192. The standard InChI is InChI=1S/C26H22N2S2/c1-26(2,3)20-11-17(10-15-6-4-5-7-18(15)20)23-25-24(28-14-27-23)19-13-21-16(8-9-29-21)12-22(19)30-25/h4-13,28H,14H2,1-3H3. The fourth-order valence-corrected chi connectivity index (χ4v) is 6.50. The average Bonchev–Trinajstić information content (AvgIpc) is 3.33. The number of rotatable bonds is 1. The van der Waals surface area contributed by atoms with E-state index in [0.29, 0.717) is 6.67 Å². The lowest BCUT2D eigenvalue weighted by Crippen LogP contribution is -2.17. The van der Waals surface area contributed by atoms with E-state index < -0.39 is 0 Å². The van der Waals surface area contributed by atoms with Gasteiger partial charge in [-0.1, -0.05) is 45.0 Å². The van der Waals surface area contributed by atoms with Crippen molar-refractivity contribution < 1.29 is 0 Å². The number of nitrogens with one attached hydrogen (secondary N) is 1. The van der Waals surface area contributed by atoms with Crippen LogP contribution in [0.1, 0.15) is 36.8 Å². The van der Waals surface area contributed by atoms with Crippen molar-refractivity contribution in [3.8, 4) is 0 Å². The molecule has 0 saturated carbocycles. The van der Waals surface area contributed by atoms with Crippen LogP contribution in [0.3, 0.4) is 0 Å². The number of benzene rings is 3. The van der Waals surface area contributed by atoms with Gasteiger partial charge in [0.2, 0.25) is 0 Å². The Morgan fingerprint density at radius 1 is 0.900 bits per heavy atom. The minimum absolute atomic E-state index is 0.0659. The maximum absolute atomic E-state index is 4.94. The Hall–Kier alpha value is -2.69. The third-order valence-corrected chi connectivity index (χ3v) is 7.95. The zero-order valence-electron chi connectivity index (χ0n) is 17.2. The minimum Gasteiger partial charge on any atom is -0.365 e. The summed E-state index contributed by atoms with van der Waals surface area (Å²) in [6, 6.07) is 20.2. The van der Waals surface area contributed by atoms with E-state index in [1.807, 2.05) is 11.3 Å². The van der Waals surface area contributed by atoms with Gasteiger partial charge in [0.15, 0.2) is 0 Å². The van der Waals surface area contributed by atoms with E-state index in [2.05, 4.69) is 86.1 Å². The number of anilines is 1. The number of thiophene rings is 2. The van der Waals surface area contributed by atoms with Crippen LogP contribution < -0.4 is 5.32 Å². The Labute approximate surface area is 183 Å². The molecular formula is C26H22N2S2. The van der Waals surface area contributed by atoms with E-state index >= 15 is 0 Å². The molecule has 1 aliphatic rings. The Kier molecular flexibility index (Phi) is 3.86.